The van der Waals surface area contributed by atoms with E-state index in [0.29, 0.717) is 38.7 Å². The van der Waals surface area contributed by atoms with Gasteiger partial charge in [0.2, 0.25) is 0 Å². The van der Waals surface area contributed by atoms with E-state index in [0.717, 1.165) is 0 Å². The van der Waals surface area contributed by atoms with Crippen LogP contribution in [-0.2, 0) is 18.0 Å². The number of hydrogen-bond acceptors (Lipinski definition) is 5. The van der Waals surface area contributed by atoms with Gasteiger partial charge in [-0.1, -0.05) is 41.4 Å². The Morgan fingerprint density at radius 3 is 2.77 bits per heavy atom. The molecule has 0 fully saturated rings. The molecule has 1 aromatic carbocycles. The number of hydrogen-bond donors (Lipinski definition) is 0. The van der Waals surface area contributed by atoms with Gasteiger partial charge in [0.1, 0.15) is 24.1 Å². The summed E-state index contributed by atoms with van der Waals surface area (Å²) in [7, 11) is 1.50. The Kier molecular flexibility index (Phi) is 4.36. The molecule has 9 heteroatoms. The highest BCUT2D eigenvalue weighted by Crippen LogP contribution is 2.26. The highest BCUT2D eigenvalue weighted by atomic mass is 35.5. The maximum absolute atomic E-state index is 12.8. The normalized spacial score (nSPS) is 13.0. The maximum atomic E-state index is 12.8. The summed E-state index contributed by atoms with van der Waals surface area (Å²) in [4.78, 5) is 21.8. The molecule has 0 atom stereocenters. The van der Waals surface area contributed by atoms with Crippen molar-refractivity contribution in [3.8, 4) is 5.69 Å². The predicted molar refractivity (Wildman–Crippen MR) is 98.4 cm³/mol. The molecular formula is C17H13Cl2N5O2. The summed E-state index contributed by atoms with van der Waals surface area (Å²) in [5.41, 5.74) is 1.98. The lowest BCUT2D eigenvalue weighted by molar-refractivity contribution is 0.117. The lowest BCUT2D eigenvalue weighted by Crippen LogP contribution is -2.26. The van der Waals surface area contributed by atoms with Gasteiger partial charge in [-0.3, -0.25) is 4.99 Å². The van der Waals surface area contributed by atoms with Gasteiger partial charge in [-0.2, -0.15) is 9.78 Å². The van der Waals surface area contributed by atoms with Crippen LogP contribution in [-0.4, -0.2) is 32.2 Å². The molecule has 3 aromatic rings. The SMILES string of the molecule is COCn1nc2n(c1=O)-c1ccc(Cl)nc1C(c1ccccc1Cl)=NC2. The fourth-order valence-electron chi connectivity index (χ4n) is 2.88. The Bertz CT molecular complexity index is 1090. The summed E-state index contributed by atoms with van der Waals surface area (Å²) in [6, 6.07) is 10.7. The van der Waals surface area contributed by atoms with Crippen molar-refractivity contribution in [2.24, 2.45) is 4.99 Å². The van der Waals surface area contributed by atoms with Gasteiger partial charge >= 0.3 is 5.69 Å². The van der Waals surface area contributed by atoms with Gasteiger partial charge in [0.15, 0.2) is 5.82 Å². The first kappa shape index (κ1) is 17.0. The summed E-state index contributed by atoms with van der Waals surface area (Å²) >= 11 is 12.5. The monoisotopic (exact) mass is 389 g/mol. The molecule has 0 saturated carbocycles. The fraction of sp³-hybridized carbons (Fsp3) is 0.176. The van der Waals surface area contributed by atoms with E-state index in [-0.39, 0.29) is 19.0 Å². The predicted octanol–water partition coefficient (Wildman–Crippen LogP) is 2.69. The van der Waals surface area contributed by atoms with Crippen molar-refractivity contribution < 1.29 is 4.74 Å². The minimum atomic E-state index is -0.331. The average Bonchev–Trinajstić information content (AvgIpc) is 2.84. The van der Waals surface area contributed by atoms with Gasteiger partial charge in [0.25, 0.3) is 0 Å². The van der Waals surface area contributed by atoms with Crippen molar-refractivity contribution in [2.45, 2.75) is 13.3 Å². The molecule has 2 aromatic heterocycles. The molecule has 0 N–H and O–H groups in total. The molecule has 132 valence electrons. The van der Waals surface area contributed by atoms with Crippen molar-refractivity contribution in [3.63, 3.8) is 0 Å². The van der Waals surface area contributed by atoms with E-state index in [1.807, 2.05) is 18.2 Å². The Balaban J connectivity index is 1.99. The first-order valence-corrected chi connectivity index (χ1v) is 8.50. The largest absolute Gasteiger partial charge is 0.362 e. The van der Waals surface area contributed by atoms with Gasteiger partial charge in [0.05, 0.1) is 16.4 Å². The highest BCUT2D eigenvalue weighted by Gasteiger charge is 2.25. The summed E-state index contributed by atoms with van der Waals surface area (Å²) in [5, 5.41) is 5.15. The molecule has 7 nitrogen and oxygen atoms in total. The topological polar surface area (TPSA) is 74.3 Å². The maximum Gasteiger partial charge on any atom is 0.352 e. The minimum Gasteiger partial charge on any atom is -0.362 e. The lowest BCUT2D eigenvalue weighted by atomic mass is 10.1. The summed E-state index contributed by atoms with van der Waals surface area (Å²) < 4.78 is 7.75. The molecule has 0 saturated heterocycles. The van der Waals surface area contributed by atoms with Gasteiger partial charge < -0.3 is 4.74 Å². The van der Waals surface area contributed by atoms with Crippen LogP contribution in [0.25, 0.3) is 5.69 Å². The minimum absolute atomic E-state index is 0.0519. The number of fused-ring (bicyclic) bond motifs is 3. The molecule has 1 aliphatic rings. The zero-order valence-electron chi connectivity index (χ0n) is 13.7. The molecule has 0 unspecified atom stereocenters. The van der Waals surface area contributed by atoms with Crippen molar-refractivity contribution in [1.82, 2.24) is 19.3 Å². The van der Waals surface area contributed by atoms with Crippen LogP contribution in [0.5, 0.6) is 0 Å². The van der Waals surface area contributed by atoms with Crippen LogP contribution in [0.4, 0.5) is 0 Å². The second kappa shape index (κ2) is 6.68. The second-order valence-electron chi connectivity index (χ2n) is 5.60. The number of nitrogens with zero attached hydrogens (tertiary/aromatic N) is 5. The number of methoxy groups -OCH3 is 1. The lowest BCUT2D eigenvalue weighted by Gasteiger charge is -2.11. The van der Waals surface area contributed by atoms with E-state index in [1.54, 1.807) is 18.2 Å². The van der Waals surface area contributed by atoms with Gasteiger partial charge in [0, 0.05) is 12.7 Å². The number of halogens is 2. The number of rotatable bonds is 3. The Morgan fingerprint density at radius 2 is 2.00 bits per heavy atom. The smallest absolute Gasteiger partial charge is 0.352 e. The zero-order valence-corrected chi connectivity index (χ0v) is 15.2. The summed E-state index contributed by atoms with van der Waals surface area (Å²) in [6.07, 6.45) is 0. The molecule has 26 heavy (non-hydrogen) atoms. The molecule has 1 aliphatic heterocycles. The second-order valence-corrected chi connectivity index (χ2v) is 6.39. The molecule has 0 amide bonds. The molecular weight excluding hydrogens is 377 g/mol. The molecule has 0 spiro atoms. The van der Waals surface area contributed by atoms with Crippen molar-refractivity contribution >= 4 is 28.9 Å². The average molecular weight is 390 g/mol. The molecule has 3 heterocycles. The number of aliphatic imine (C=N–C) groups is 1. The van der Waals surface area contributed by atoms with Crippen LogP contribution in [0.1, 0.15) is 17.1 Å². The van der Waals surface area contributed by atoms with E-state index < -0.39 is 0 Å². The third-order valence-corrected chi connectivity index (χ3v) is 4.51. The molecule has 0 bridgehead atoms. The number of aromatic nitrogens is 4. The van der Waals surface area contributed by atoms with Gasteiger partial charge in [-0.15, -0.1) is 0 Å². The van der Waals surface area contributed by atoms with E-state index in [9.17, 15) is 4.79 Å². The van der Waals surface area contributed by atoms with Crippen LogP contribution >= 0.6 is 23.2 Å². The third-order valence-electron chi connectivity index (χ3n) is 3.97. The third kappa shape index (κ3) is 2.74. The van der Waals surface area contributed by atoms with Crippen LogP contribution in [0.3, 0.4) is 0 Å². The van der Waals surface area contributed by atoms with Gasteiger partial charge in [-0.25, -0.2) is 14.3 Å². The summed E-state index contributed by atoms with van der Waals surface area (Å²) in [6.45, 7) is 0.247. The standard InChI is InChI=1S/C17H13Cl2N5O2/c1-26-9-23-17(25)24-12-6-7-13(19)21-16(12)15(20-8-14(24)22-23)10-4-2-3-5-11(10)18/h2-7H,8-9H2,1H3. The van der Waals surface area contributed by atoms with Crippen LogP contribution < -0.4 is 5.69 Å². The van der Waals surface area contributed by atoms with Crippen molar-refractivity contribution in [2.75, 3.05) is 7.11 Å². The molecule has 0 radical (unpaired) electrons. The van der Waals surface area contributed by atoms with Gasteiger partial charge in [-0.05, 0) is 18.2 Å². The number of ether oxygens (including phenoxy) is 1. The van der Waals surface area contributed by atoms with E-state index in [4.69, 9.17) is 27.9 Å². The Labute approximate surface area is 158 Å². The van der Waals surface area contributed by atoms with E-state index in [1.165, 1.54) is 16.4 Å². The molecule has 0 aliphatic carbocycles. The molecule has 4 rings (SSSR count). The van der Waals surface area contributed by atoms with E-state index >= 15 is 0 Å². The number of benzene rings is 1. The summed E-state index contributed by atoms with van der Waals surface area (Å²) in [5.74, 6) is 0.486. The highest BCUT2D eigenvalue weighted by molar-refractivity contribution is 6.35. The van der Waals surface area contributed by atoms with Crippen LogP contribution in [0.15, 0.2) is 46.2 Å². The van der Waals surface area contributed by atoms with Crippen LogP contribution in [0, 0.1) is 0 Å². The Morgan fingerprint density at radius 1 is 1.19 bits per heavy atom. The zero-order chi connectivity index (χ0) is 18.3. The van der Waals surface area contributed by atoms with E-state index in [2.05, 4.69) is 15.1 Å². The first-order chi connectivity index (χ1) is 12.6. The van der Waals surface area contributed by atoms with Crippen molar-refractivity contribution in [1.29, 1.82) is 0 Å². The quantitative estimate of drug-likeness (QED) is 0.645. The fourth-order valence-corrected chi connectivity index (χ4v) is 3.25. The Hall–Kier alpha value is -2.48. The number of pyridine rings is 1. The van der Waals surface area contributed by atoms with Crippen LogP contribution in [0.2, 0.25) is 10.2 Å². The van der Waals surface area contributed by atoms with Crippen molar-refractivity contribution in [3.05, 3.63) is 74.1 Å². The first-order valence-electron chi connectivity index (χ1n) is 7.74.